The Morgan fingerprint density at radius 3 is 3.07 bits per heavy atom. The summed E-state index contributed by atoms with van der Waals surface area (Å²) in [5.41, 5.74) is -0.0892. The third kappa shape index (κ3) is 1.95. The summed E-state index contributed by atoms with van der Waals surface area (Å²) in [7, 11) is 0. The van der Waals surface area contributed by atoms with Gasteiger partial charge in [0, 0.05) is 12.1 Å². The maximum Gasteiger partial charge on any atom is 0.252 e. The molecular formula is C10H15N3O. The molecule has 1 aliphatic carbocycles. The van der Waals surface area contributed by atoms with Crippen molar-refractivity contribution in [3.8, 4) is 0 Å². The molecule has 1 aromatic heterocycles. The van der Waals surface area contributed by atoms with E-state index in [9.17, 15) is 4.79 Å². The zero-order valence-corrected chi connectivity index (χ0v) is 8.50. The Morgan fingerprint density at radius 2 is 2.50 bits per heavy atom. The summed E-state index contributed by atoms with van der Waals surface area (Å²) in [6.07, 6.45) is 2.39. The molecule has 0 aliphatic heterocycles. The highest BCUT2D eigenvalue weighted by molar-refractivity contribution is 5.36. The van der Waals surface area contributed by atoms with E-state index in [0.29, 0.717) is 17.7 Å². The van der Waals surface area contributed by atoms with Crippen molar-refractivity contribution in [1.82, 2.24) is 9.97 Å². The fourth-order valence-corrected chi connectivity index (χ4v) is 1.72. The zero-order valence-electron chi connectivity index (χ0n) is 8.50. The molecule has 14 heavy (non-hydrogen) atoms. The molecule has 0 spiro atoms. The summed E-state index contributed by atoms with van der Waals surface area (Å²) in [6, 6.07) is 2.03. The van der Waals surface area contributed by atoms with Crippen LogP contribution in [0.1, 0.15) is 25.6 Å². The number of nitrogens with one attached hydrogen (secondary N) is 2. The second-order valence-corrected chi connectivity index (χ2v) is 3.87. The first kappa shape index (κ1) is 9.24. The Hall–Kier alpha value is -1.32. The third-order valence-corrected chi connectivity index (χ3v) is 2.64. The first-order valence-corrected chi connectivity index (χ1v) is 5.03. The molecule has 4 nitrogen and oxygen atoms in total. The van der Waals surface area contributed by atoms with E-state index in [1.165, 1.54) is 18.9 Å². The summed E-state index contributed by atoms with van der Waals surface area (Å²) >= 11 is 0. The van der Waals surface area contributed by atoms with Gasteiger partial charge in [0.25, 0.3) is 5.56 Å². The highest BCUT2D eigenvalue weighted by atomic mass is 16.1. The molecule has 0 saturated heterocycles. The minimum atomic E-state index is -0.0892. The molecule has 2 unspecified atom stereocenters. The first-order valence-electron chi connectivity index (χ1n) is 5.03. The molecule has 0 amide bonds. The Kier molecular flexibility index (Phi) is 2.27. The number of aryl methyl sites for hydroxylation is 1. The fraction of sp³-hybridized carbons (Fsp3) is 0.600. The summed E-state index contributed by atoms with van der Waals surface area (Å²) in [5.74, 6) is 2.12. The third-order valence-electron chi connectivity index (χ3n) is 2.64. The van der Waals surface area contributed by atoms with Crippen molar-refractivity contribution < 1.29 is 0 Å². The molecule has 0 bridgehead atoms. The maximum absolute atomic E-state index is 11.1. The topological polar surface area (TPSA) is 57.8 Å². The normalized spacial score (nSPS) is 24.7. The maximum atomic E-state index is 11.1. The summed E-state index contributed by atoms with van der Waals surface area (Å²) in [5, 5.41) is 3.27. The second kappa shape index (κ2) is 3.44. The lowest BCUT2D eigenvalue weighted by molar-refractivity contribution is 0.772. The predicted molar refractivity (Wildman–Crippen MR) is 55.4 cm³/mol. The molecular weight excluding hydrogens is 178 g/mol. The fourth-order valence-electron chi connectivity index (χ4n) is 1.72. The minimum absolute atomic E-state index is 0.0892. The highest BCUT2D eigenvalue weighted by Crippen LogP contribution is 2.35. The van der Waals surface area contributed by atoms with Gasteiger partial charge in [-0.15, -0.1) is 0 Å². The number of hydrogen-bond acceptors (Lipinski definition) is 3. The minimum Gasteiger partial charge on any atom is -0.367 e. The van der Waals surface area contributed by atoms with E-state index < -0.39 is 0 Å². The van der Waals surface area contributed by atoms with Gasteiger partial charge in [-0.2, -0.15) is 0 Å². The number of rotatable bonds is 3. The first-order chi connectivity index (χ1) is 6.69. The van der Waals surface area contributed by atoms with Crippen LogP contribution >= 0.6 is 0 Å². The van der Waals surface area contributed by atoms with E-state index in [1.807, 2.05) is 0 Å². The van der Waals surface area contributed by atoms with Crippen LogP contribution in [0.2, 0.25) is 0 Å². The van der Waals surface area contributed by atoms with Crippen LogP contribution in [0.25, 0.3) is 0 Å². The molecule has 1 aromatic rings. The van der Waals surface area contributed by atoms with Gasteiger partial charge in [0.05, 0.1) is 0 Å². The molecule has 1 heterocycles. The largest absolute Gasteiger partial charge is 0.367 e. The Morgan fingerprint density at radius 1 is 1.71 bits per heavy atom. The molecule has 0 radical (unpaired) electrons. The van der Waals surface area contributed by atoms with Crippen molar-refractivity contribution in [1.29, 1.82) is 0 Å². The van der Waals surface area contributed by atoms with E-state index in [2.05, 4.69) is 22.2 Å². The van der Waals surface area contributed by atoms with Crippen molar-refractivity contribution in [2.75, 3.05) is 5.32 Å². The number of H-pyrrole nitrogens is 1. The SMILES string of the molecule is CCC1CC1Nc1cc(=O)[nH]c(C)n1. The van der Waals surface area contributed by atoms with Crippen molar-refractivity contribution in [3.05, 3.63) is 22.2 Å². The highest BCUT2D eigenvalue weighted by Gasteiger charge is 2.35. The van der Waals surface area contributed by atoms with Crippen LogP contribution in [-0.2, 0) is 0 Å². The predicted octanol–water partition coefficient (Wildman–Crippen LogP) is 1.29. The van der Waals surface area contributed by atoms with Gasteiger partial charge in [0.15, 0.2) is 0 Å². The van der Waals surface area contributed by atoms with Crippen LogP contribution in [-0.4, -0.2) is 16.0 Å². The summed E-state index contributed by atoms with van der Waals surface area (Å²) < 4.78 is 0. The van der Waals surface area contributed by atoms with Crippen molar-refractivity contribution >= 4 is 5.82 Å². The van der Waals surface area contributed by atoms with Crippen LogP contribution in [0.5, 0.6) is 0 Å². The molecule has 2 N–H and O–H groups in total. The van der Waals surface area contributed by atoms with Gasteiger partial charge >= 0.3 is 0 Å². The smallest absolute Gasteiger partial charge is 0.252 e. The van der Waals surface area contributed by atoms with Crippen molar-refractivity contribution in [2.24, 2.45) is 5.92 Å². The van der Waals surface area contributed by atoms with Crippen molar-refractivity contribution in [2.45, 2.75) is 32.7 Å². The van der Waals surface area contributed by atoms with E-state index in [4.69, 9.17) is 0 Å². The van der Waals surface area contributed by atoms with E-state index in [0.717, 1.165) is 5.92 Å². The van der Waals surface area contributed by atoms with Gasteiger partial charge in [-0.1, -0.05) is 13.3 Å². The van der Waals surface area contributed by atoms with Crippen LogP contribution in [0.3, 0.4) is 0 Å². The molecule has 76 valence electrons. The number of anilines is 1. The van der Waals surface area contributed by atoms with Gasteiger partial charge in [0.1, 0.15) is 11.6 Å². The molecule has 1 aliphatic rings. The van der Waals surface area contributed by atoms with Crippen LogP contribution in [0, 0.1) is 12.8 Å². The van der Waals surface area contributed by atoms with Crippen LogP contribution < -0.4 is 10.9 Å². The van der Waals surface area contributed by atoms with Crippen LogP contribution in [0.4, 0.5) is 5.82 Å². The molecule has 2 atom stereocenters. The summed E-state index contributed by atoms with van der Waals surface area (Å²) in [6.45, 7) is 3.97. The van der Waals surface area contributed by atoms with Gasteiger partial charge < -0.3 is 10.3 Å². The lowest BCUT2D eigenvalue weighted by Crippen LogP contribution is -2.13. The lowest BCUT2D eigenvalue weighted by atomic mass is 10.3. The van der Waals surface area contributed by atoms with Gasteiger partial charge in [-0.25, -0.2) is 4.98 Å². The quantitative estimate of drug-likeness (QED) is 0.760. The number of aromatic amines is 1. The monoisotopic (exact) mass is 193 g/mol. The number of nitrogens with zero attached hydrogens (tertiary/aromatic N) is 1. The molecule has 0 aromatic carbocycles. The van der Waals surface area contributed by atoms with E-state index in [1.54, 1.807) is 6.92 Å². The Bertz CT molecular complexity index is 385. The lowest BCUT2D eigenvalue weighted by Gasteiger charge is -2.04. The zero-order chi connectivity index (χ0) is 10.1. The van der Waals surface area contributed by atoms with Crippen molar-refractivity contribution in [3.63, 3.8) is 0 Å². The molecule has 4 heteroatoms. The molecule has 2 rings (SSSR count). The average molecular weight is 193 g/mol. The Labute approximate surface area is 82.8 Å². The van der Waals surface area contributed by atoms with Gasteiger partial charge in [-0.3, -0.25) is 4.79 Å². The van der Waals surface area contributed by atoms with E-state index in [-0.39, 0.29) is 5.56 Å². The average Bonchev–Trinajstić information content (AvgIpc) is 2.81. The second-order valence-electron chi connectivity index (χ2n) is 3.87. The van der Waals surface area contributed by atoms with Gasteiger partial charge in [-0.05, 0) is 19.3 Å². The summed E-state index contributed by atoms with van der Waals surface area (Å²) in [4.78, 5) is 18.0. The number of hydrogen-bond donors (Lipinski definition) is 2. The van der Waals surface area contributed by atoms with Crippen LogP contribution in [0.15, 0.2) is 10.9 Å². The molecule has 1 fully saturated rings. The van der Waals surface area contributed by atoms with E-state index >= 15 is 0 Å². The molecule has 1 saturated carbocycles. The number of aromatic nitrogens is 2. The van der Waals surface area contributed by atoms with Gasteiger partial charge in [0.2, 0.25) is 0 Å². The standard InChI is InChI=1S/C10H15N3O/c1-3-7-4-8(7)13-9-5-10(14)12-6(2)11-9/h5,7-8H,3-4H2,1-2H3,(H2,11,12,13,14). The Balaban J connectivity index is 2.07.